The van der Waals surface area contributed by atoms with Crippen LogP contribution in [-0.2, 0) is 4.79 Å². The molecule has 2 nitrogen and oxygen atoms in total. The van der Waals surface area contributed by atoms with E-state index in [1.54, 1.807) is 0 Å². The van der Waals surface area contributed by atoms with Crippen LogP contribution in [0, 0.1) is 0 Å². The zero-order valence-electron chi connectivity index (χ0n) is 9.77. The molecule has 0 saturated carbocycles. The van der Waals surface area contributed by atoms with Crippen molar-refractivity contribution in [3.05, 3.63) is 0 Å². The maximum absolute atomic E-state index is 11.0. The molecule has 0 bridgehead atoms. The van der Waals surface area contributed by atoms with Gasteiger partial charge in [0.15, 0.2) is 0 Å². The molecule has 0 unspecified atom stereocenters. The summed E-state index contributed by atoms with van der Waals surface area (Å²) >= 11 is 0. The molecule has 1 N–H and O–H groups in total. The number of carbonyl (C=O) groups excluding carboxylic acids is 1. The van der Waals surface area contributed by atoms with Crippen LogP contribution in [-0.4, -0.2) is 18.9 Å². The molecule has 0 spiro atoms. The third-order valence-corrected chi connectivity index (χ3v) is 2.45. The molecule has 0 aliphatic heterocycles. The summed E-state index contributed by atoms with van der Waals surface area (Å²) in [6.07, 6.45) is 7.67. The predicted octanol–water partition coefficient (Wildman–Crippen LogP) is 3.16. The molecular formula is C12H27NO. The fraction of sp³-hybridized carbons (Fsp3) is 0.917. The van der Waals surface area contributed by atoms with Gasteiger partial charge in [0.1, 0.15) is 5.78 Å². The Morgan fingerprint density at radius 2 is 1.71 bits per heavy atom. The van der Waals surface area contributed by atoms with E-state index in [1.807, 2.05) is 6.92 Å². The van der Waals surface area contributed by atoms with Crippen LogP contribution in [0.1, 0.15) is 60.2 Å². The van der Waals surface area contributed by atoms with Crippen LogP contribution in [0.2, 0.25) is 0 Å². The molecule has 0 saturated heterocycles. The first-order chi connectivity index (χ1) is 6.81. The molecule has 0 aliphatic carbocycles. The minimum atomic E-state index is 0. The molecular weight excluding hydrogens is 174 g/mol. The molecule has 0 rings (SSSR count). The number of hydrogen-bond acceptors (Lipinski definition) is 2. The van der Waals surface area contributed by atoms with Gasteiger partial charge in [0.25, 0.3) is 0 Å². The number of ketones is 1. The summed E-state index contributed by atoms with van der Waals surface area (Å²) in [5.74, 6) is 0.414. The Kier molecular flexibility index (Phi) is 10.4. The number of Topliss-reactive ketones (excluding diaryl/α,β-unsaturated/α-hetero) is 1. The Labute approximate surface area is 89.9 Å². The highest BCUT2D eigenvalue weighted by Crippen LogP contribution is 2.06. The summed E-state index contributed by atoms with van der Waals surface area (Å²) in [6.45, 7) is 6.30. The summed E-state index contributed by atoms with van der Waals surface area (Å²) in [4.78, 5) is 11.0. The highest BCUT2D eigenvalue weighted by Gasteiger charge is 1.97. The summed E-state index contributed by atoms with van der Waals surface area (Å²) in [5, 5.41) is 3.31. The maximum Gasteiger partial charge on any atom is 0.132 e. The van der Waals surface area contributed by atoms with Crippen LogP contribution in [0.25, 0.3) is 0 Å². The fourth-order valence-electron chi connectivity index (χ4n) is 1.46. The largest absolute Gasteiger partial charge is 0.317 e. The van der Waals surface area contributed by atoms with Gasteiger partial charge in [-0.25, -0.2) is 0 Å². The number of unbranched alkanes of at least 4 members (excludes halogenated alkanes) is 4. The lowest BCUT2D eigenvalue weighted by atomic mass is 10.1. The molecule has 0 aromatic carbocycles. The van der Waals surface area contributed by atoms with Crippen molar-refractivity contribution in [3.63, 3.8) is 0 Å². The van der Waals surface area contributed by atoms with Crippen molar-refractivity contribution >= 4 is 5.78 Å². The van der Waals surface area contributed by atoms with Gasteiger partial charge in [-0.05, 0) is 25.9 Å². The van der Waals surface area contributed by atoms with E-state index in [1.165, 1.54) is 25.7 Å². The van der Waals surface area contributed by atoms with Gasteiger partial charge in [0, 0.05) is 14.3 Å². The average molecular weight is 201 g/mol. The smallest absolute Gasteiger partial charge is 0.132 e. The van der Waals surface area contributed by atoms with E-state index in [4.69, 9.17) is 0 Å². The topological polar surface area (TPSA) is 29.1 Å². The van der Waals surface area contributed by atoms with Crippen molar-refractivity contribution in [2.75, 3.05) is 13.1 Å². The second kappa shape index (κ2) is 10.7. The van der Waals surface area contributed by atoms with Crippen molar-refractivity contribution < 1.29 is 6.22 Å². The Morgan fingerprint density at radius 3 is 2.36 bits per heavy atom. The second-order valence-corrected chi connectivity index (χ2v) is 3.76. The standard InChI is InChI=1S/C12H25NO.H2/c1-3-12(14)10-8-6-5-7-9-11-13-4-2;/h13H,3-11H2,1-2H3;1H. The van der Waals surface area contributed by atoms with E-state index < -0.39 is 0 Å². The molecule has 0 aliphatic rings. The summed E-state index contributed by atoms with van der Waals surface area (Å²) in [6, 6.07) is 0. The van der Waals surface area contributed by atoms with Crippen molar-refractivity contribution in [1.29, 1.82) is 0 Å². The van der Waals surface area contributed by atoms with E-state index in [0.717, 1.165) is 25.9 Å². The summed E-state index contributed by atoms with van der Waals surface area (Å²) in [5.41, 5.74) is 0. The van der Waals surface area contributed by atoms with Crippen LogP contribution in [0.4, 0.5) is 0 Å². The number of rotatable bonds is 10. The lowest BCUT2D eigenvalue weighted by molar-refractivity contribution is -0.118. The van der Waals surface area contributed by atoms with Gasteiger partial charge in [-0.2, -0.15) is 0 Å². The Balaban J connectivity index is 0. The van der Waals surface area contributed by atoms with Crippen LogP contribution in [0.15, 0.2) is 0 Å². The third-order valence-electron chi connectivity index (χ3n) is 2.45. The van der Waals surface area contributed by atoms with Crippen molar-refractivity contribution in [2.45, 2.75) is 58.8 Å². The van der Waals surface area contributed by atoms with Crippen molar-refractivity contribution in [1.82, 2.24) is 5.32 Å². The predicted molar refractivity (Wildman–Crippen MR) is 63.7 cm³/mol. The van der Waals surface area contributed by atoms with E-state index >= 15 is 0 Å². The highest BCUT2D eigenvalue weighted by molar-refractivity contribution is 5.77. The molecule has 0 radical (unpaired) electrons. The molecule has 2 heteroatoms. The average Bonchev–Trinajstić information content (AvgIpc) is 2.21. The van der Waals surface area contributed by atoms with Gasteiger partial charge in [-0.3, -0.25) is 4.79 Å². The van der Waals surface area contributed by atoms with Crippen LogP contribution in [0.3, 0.4) is 0 Å². The normalized spacial score (nSPS) is 10.4. The van der Waals surface area contributed by atoms with Gasteiger partial charge in [0.05, 0.1) is 0 Å². The van der Waals surface area contributed by atoms with Gasteiger partial charge in [-0.1, -0.05) is 33.1 Å². The Morgan fingerprint density at radius 1 is 1.07 bits per heavy atom. The minimum absolute atomic E-state index is 0. The van der Waals surface area contributed by atoms with Crippen molar-refractivity contribution in [3.8, 4) is 0 Å². The van der Waals surface area contributed by atoms with Crippen LogP contribution in [0.5, 0.6) is 0 Å². The third kappa shape index (κ3) is 9.72. The molecule has 86 valence electrons. The SMILES string of the molecule is CCNCCCCCCCC(=O)CC.[HH]. The highest BCUT2D eigenvalue weighted by atomic mass is 16.1. The molecule has 0 aromatic rings. The Bertz CT molecular complexity index is 140. The monoisotopic (exact) mass is 201 g/mol. The first-order valence-electron chi connectivity index (χ1n) is 6.03. The molecule has 0 amide bonds. The van der Waals surface area contributed by atoms with Gasteiger partial charge >= 0.3 is 0 Å². The van der Waals surface area contributed by atoms with E-state index in [-0.39, 0.29) is 1.43 Å². The zero-order chi connectivity index (χ0) is 10.6. The van der Waals surface area contributed by atoms with E-state index in [0.29, 0.717) is 12.2 Å². The first kappa shape index (κ1) is 13.6. The van der Waals surface area contributed by atoms with Crippen LogP contribution < -0.4 is 5.32 Å². The second-order valence-electron chi connectivity index (χ2n) is 3.76. The summed E-state index contributed by atoms with van der Waals surface area (Å²) in [7, 11) is 0. The van der Waals surface area contributed by atoms with E-state index in [9.17, 15) is 4.79 Å². The number of hydrogen-bond donors (Lipinski definition) is 1. The molecule has 0 atom stereocenters. The molecule has 0 heterocycles. The van der Waals surface area contributed by atoms with Gasteiger partial charge in [0.2, 0.25) is 0 Å². The minimum Gasteiger partial charge on any atom is -0.317 e. The zero-order valence-corrected chi connectivity index (χ0v) is 9.77. The Hall–Kier alpha value is -0.370. The lowest BCUT2D eigenvalue weighted by Gasteiger charge is -2.01. The first-order valence-corrected chi connectivity index (χ1v) is 6.03. The van der Waals surface area contributed by atoms with E-state index in [2.05, 4.69) is 12.2 Å². The van der Waals surface area contributed by atoms with Crippen LogP contribution >= 0.6 is 0 Å². The summed E-state index contributed by atoms with van der Waals surface area (Å²) < 4.78 is 0. The fourth-order valence-corrected chi connectivity index (χ4v) is 1.46. The van der Waals surface area contributed by atoms with Crippen molar-refractivity contribution in [2.24, 2.45) is 0 Å². The molecule has 0 fully saturated rings. The lowest BCUT2D eigenvalue weighted by Crippen LogP contribution is -2.13. The maximum atomic E-state index is 11.0. The van der Waals surface area contributed by atoms with Gasteiger partial charge < -0.3 is 5.32 Å². The number of nitrogens with one attached hydrogen (secondary N) is 1. The molecule has 0 aromatic heterocycles. The molecule has 14 heavy (non-hydrogen) atoms. The quantitative estimate of drug-likeness (QED) is 0.550. The van der Waals surface area contributed by atoms with Gasteiger partial charge in [-0.15, -0.1) is 0 Å². The number of carbonyl (C=O) groups is 1.